The molecule has 1 fully saturated rings. The number of hydrogen-bond donors (Lipinski definition) is 2. The smallest absolute Gasteiger partial charge is 0.251 e. The van der Waals surface area contributed by atoms with Crippen LogP contribution in [0.15, 0.2) is 18.2 Å². The highest BCUT2D eigenvalue weighted by Crippen LogP contribution is 2.35. The molecule has 24 heavy (non-hydrogen) atoms. The fourth-order valence-corrected chi connectivity index (χ4v) is 3.58. The maximum atomic E-state index is 13.2. The zero-order valence-electron chi connectivity index (χ0n) is 15.1. The summed E-state index contributed by atoms with van der Waals surface area (Å²) in [7, 11) is 1.63. The van der Waals surface area contributed by atoms with E-state index >= 15 is 0 Å². The third kappa shape index (κ3) is 3.46. The summed E-state index contributed by atoms with van der Waals surface area (Å²) in [5.74, 6) is -0.565. The molecule has 0 bridgehead atoms. The summed E-state index contributed by atoms with van der Waals surface area (Å²) in [6.07, 6.45) is 3.00. The Morgan fingerprint density at radius 2 is 1.71 bits per heavy atom. The minimum absolute atomic E-state index is 0.156. The molecule has 1 saturated carbocycles. The number of aliphatic hydroxyl groups is 1. The van der Waals surface area contributed by atoms with E-state index in [1.54, 1.807) is 7.05 Å². The molecule has 0 radical (unpaired) electrons. The summed E-state index contributed by atoms with van der Waals surface area (Å²) in [6.45, 7) is 5.36. The zero-order chi connectivity index (χ0) is 17.9. The Balaban J connectivity index is 2.34. The van der Waals surface area contributed by atoms with Crippen molar-refractivity contribution in [3.8, 4) is 0 Å². The van der Waals surface area contributed by atoms with Crippen LogP contribution >= 0.6 is 0 Å². The Morgan fingerprint density at radius 1 is 1.17 bits per heavy atom. The highest BCUT2D eigenvalue weighted by Gasteiger charge is 2.46. The number of benzene rings is 1. The van der Waals surface area contributed by atoms with Crippen molar-refractivity contribution in [2.45, 2.75) is 64.5 Å². The van der Waals surface area contributed by atoms with E-state index in [-0.39, 0.29) is 5.91 Å². The maximum absolute atomic E-state index is 13.2. The first-order chi connectivity index (χ1) is 11.3. The minimum atomic E-state index is -1.11. The SMILES string of the molecule is Cc1cccc(C)c1NC(=O)C1(N(C)C(=O)[C@@H](C)O)CCCCC1. The summed E-state index contributed by atoms with van der Waals surface area (Å²) in [6, 6.07) is 5.88. The number of carbonyl (C=O) groups excluding carboxylic acids is 2. The Morgan fingerprint density at radius 3 is 2.21 bits per heavy atom. The summed E-state index contributed by atoms with van der Waals surface area (Å²) in [5.41, 5.74) is 1.92. The molecule has 0 heterocycles. The van der Waals surface area contributed by atoms with Crippen molar-refractivity contribution in [2.24, 2.45) is 0 Å². The second-order valence-electron chi connectivity index (χ2n) is 6.89. The fourth-order valence-electron chi connectivity index (χ4n) is 3.58. The molecule has 5 nitrogen and oxygen atoms in total. The Hall–Kier alpha value is -1.88. The predicted octanol–water partition coefficient (Wildman–Crippen LogP) is 2.78. The number of rotatable bonds is 4. The average molecular weight is 332 g/mol. The first-order valence-corrected chi connectivity index (χ1v) is 8.63. The van der Waals surface area contributed by atoms with E-state index in [4.69, 9.17) is 0 Å². The second-order valence-corrected chi connectivity index (χ2v) is 6.89. The van der Waals surface area contributed by atoms with Crippen molar-refractivity contribution < 1.29 is 14.7 Å². The number of likely N-dealkylation sites (N-methyl/N-ethyl adjacent to an activating group) is 1. The van der Waals surface area contributed by atoms with Gasteiger partial charge in [-0.05, 0) is 44.7 Å². The van der Waals surface area contributed by atoms with Gasteiger partial charge in [-0.2, -0.15) is 0 Å². The fraction of sp³-hybridized carbons (Fsp3) is 0.579. The lowest BCUT2D eigenvalue weighted by Gasteiger charge is -2.43. The largest absolute Gasteiger partial charge is 0.384 e. The third-order valence-electron chi connectivity index (χ3n) is 5.15. The molecule has 2 rings (SSSR count). The molecule has 0 aromatic heterocycles. The first kappa shape index (κ1) is 18.5. The van der Waals surface area contributed by atoms with Crippen LogP contribution in [-0.4, -0.2) is 40.5 Å². The van der Waals surface area contributed by atoms with Gasteiger partial charge < -0.3 is 15.3 Å². The highest BCUT2D eigenvalue weighted by atomic mass is 16.3. The van der Waals surface area contributed by atoms with Gasteiger partial charge in [0.2, 0.25) is 5.91 Å². The van der Waals surface area contributed by atoms with Gasteiger partial charge in [0.25, 0.3) is 5.91 Å². The maximum Gasteiger partial charge on any atom is 0.251 e. The molecule has 132 valence electrons. The van der Waals surface area contributed by atoms with E-state index in [0.717, 1.165) is 36.1 Å². The lowest BCUT2D eigenvalue weighted by Crippen LogP contribution is -2.60. The van der Waals surface area contributed by atoms with Crippen LogP contribution < -0.4 is 5.32 Å². The molecule has 1 aliphatic rings. The van der Waals surface area contributed by atoms with Crippen LogP contribution in [0.1, 0.15) is 50.2 Å². The molecule has 0 saturated heterocycles. The number of aryl methyl sites for hydroxylation is 2. The molecule has 0 aliphatic heterocycles. The number of nitrogens with zero attached hydrogens (tertiary/aromatic N) is 1. The van der Waals surface area contributed by atoms with Gasteiger partial charge in [0, 0.05) is 12.7 Å². The molecule has 2 amide bonds. The van der Waals surface area contributed by atoms with Crippen molar-refractivity contribution in [1.82, 2.24) is 4.90 Å². The zero-order valence-corrected chi connectivity index (χ0v) is 15.1. The van der Waals surface area contributed by atoms with Crippen LogP contribution in [0.5, 0.6) is 0 Å². The topological polar surface area (TPSA) is 69.6 Å². The quantitative estimate of drug-likeness (QED) is 0.891. The molecule has 1 aliphatic carbocycles. The van der Waals surface area contributed by atoms with E-state index in [0.29, 0.717) is 12.8 Å². The molecule has 1 aromatic rings. The monoisotopic (exact) mass is 332 g/mol. The molecule has 1 atom stereocenters. The Kier molecular flexibility index (Phi) is 5.65. The third-order valence-corrected chi connectivity index (χ3v) is 5.15. The molecular formula is C19H28N2O3. The van der Waals surface area contributed by atoms with Crippen molar-refractivity contribution >= 4 is 17.5 Å². The molecule has 0 spiro atoms. The van der Waals surface area contributed by atoms with Gasteiger partial charge in [0.15, 0.2) is 0 Å². The van der Waals surface area contributed by atoms with Crippen molar-refractivity contribution in [2.75, 3.05) is 12.4 Å². The standard InChI is InChI=1S/C19H28N2O3/c1-13-9-8-10-14(2)16(13)20-18(24)19(11-6-5-7-12-19)21(4)17(23)15(3)22/h8-10,15,22H,5-7,11-12H2,1-4H3,(H,20,24)/t15-/m1/s1. The summed E-state index contributed by atoms with van der Waals surface area (Å²) in [4.78, 5) is 27.0. The number of para-hydroxylation sites is 1. The van der Waals surface area contributed by atoms with Gasteiger partial charge in [-0.25, -0.2) is 0 Å². The van der Waals surface area contributed by atoms with Crippen LogP contribution in [0.4, 0.5) is 5.69 Å². The molecule has 2 N–H and O–H groups in total. The molecule has 5 heteroatoms. The van der Waals surface area contributed by atoms with Crippen molar-refractivity contribution in [3.05, 3.63) is 29.3 Å². The predicted molar refractivity (Wildman–Crippen MR) is 94.8 cm³/mol. The lowest BCUT2D eigenvalue weighted by atomic mass is 9.79. The number of nitrogens with one attached hydrogen (secondary N) is 1. The number of carbonyl (C=O) groups is 2. The van der Waals surface area contributed by atoms with E-state index in [1.165, 1.54) is 11.8 Å². The Bertz CT molecular complexity index is 599. The molecule has 1 aromatic carbocycles. The first-order valence-electron chi connectivity index (χ1n) is 8.63. The van der Waals surface area contributed by atoms with Gasteiger partial charge >= 0.3 is 0 Å². The van der Waals surface area contributed by atoms with E-state index in [2.05, 4.69) is 5.32 Å². The number of amides is 2. The number of aliphatic hydroxyl groups excluding tert-OH is 1. The normalized spacial score (nSPS) is 17.9. The highest BCUT2D eigenvalue weighted by molar-refractivity contribution is 6.01. The van der Waals surface area contributed by atoms with Crippen LogP contribution in [0.3, 0.4) is 0 Å². The van der Waals surface area contributed by atoms with Gasteiger partial charge in [-0.3, -0.25) is 9.59 Å². The summed E-state index contributed by atoms with van der Waals surface area (Å²) < 4.78 is 0. The van der Waals surface area contributed by atoms with Crippen molar-refractivity contribution in [1.29, 1.82) is 0 Å². The summed E-state index contributed by atoms with van der Waals surface area (Å²) in [5, 5.41) is 12.7. The van der Waals surface area contributed by atoms with E-state index in [1.807, 2.05) is 32.0 Å². The number of hydrogen-bond acceptors (Lipinski definition) is 3. The van der Waals surface area contributed by atoms with Crippen LogP contribution in [0.2, 0.25) is 0 Å². The van der Waals surface area contributed by atoms with E-state index < -0.39 is 17.6 Å². The van der Waals surface area contributed by atoms with Crippen LogP contribution in [0.25, 0.3) is 0 Å². The molecule has 0 unspecified atom stereocenters. The van der Waals surface area contributed by atoms with Crippen LogP contribution in [-0.2, 0) is 9.59 Å². The van der Waals surface area contributed by atoms with Gasteiger partial charge in [0.05, 0.1) is 0 Å². The Labute approximate surface area is 144 Å². The van der Waals surface area contributed by atoms with E-state index in [9.17, 15) is 14.7 Å². The number of anilines is 1. The second kappa shape index (κ2) is 7.34. The van der Waals surface area contributed by atoms with Gasteiger partial charge in [-0.1, -0.05) is 37.5 Å². The van der Waals surface area contributed by atoms with Crippen LogP contribution in [0, 0.1) is 13.8 Å². The lowest BCUT2D eigenvalue weighted by molar-refractivity contribution is -0.151. The minimum Gasteiger partial charge on any atom is -0.384 e. The van der Waals surface area contributed by atoms with Crippen molar-refractivity contribution in [3.63, 3.8) is 0 Å². The van der Waals surface area contributed by atoms with Gasteiger partial charge in [-0.15, -0.1) is 0 Å². The van der Waals surface area contributed by atoms with Gasteiger partial charge in [0.1, 0.15) is 11.6 Å². The molecular weight excluding hydrogens is 304 g/mol. The summed E-state index contributed by atoms with van der Waals surface area (Å²) >= 11 is 0. The average Bonchev–Trinajstić information content (AvgIpc) is 2.57.